The SMILES string of the molecule is CC1(C)c2ccccc2-c2cccc(-c3ccc4c(-c5ccccc5)nc(-n5c6ccccc6c6cc7ccccc7cc65)nc4c3)c21. The van der Waals surface area contributed by atoms with Crippen molar-refractivity contribution in [2.75, 3.05) is 0 Å². The largest absolute Gasteiger partial charge is 0.278 e. The van der Waals surface area contributed by atoms with Gasteiger partial charge >= 0.3 is 0 Å². The Bertz CT molecular complexity index is 2750. The number of benzene rings is 7. The lowest BCUT2D eigenvalue weighted by atomic mass is 9.79. The fourth-order valence-corrected chi connectivity index (χ4v) is 8.16. The van der Waals surface area contributed by atoms with Crippen LogP contribution in [0.25, 0.3) is 82.9 Å². The summed E-state index contributed by atoms with van der Waals surface area (Å²) in [6, 6.07) is 54.5. The van der Waals surface area contributed by atoms with E-state index in [2.05, 4.69) is 170 Å². The second kappa shape index (κ2) is 9.97. The Morgan fingerprint density at radius 1 is 0.479 bits per heavy atom. The molecule has 9 aromatic rings. The first-order valence-corrected chi connectivity index (χ1v) is 16.6. The number of aromatic nitrogens is 3. The molecule has 1 aliphatic rings. The summed E-state index contributed by atoms with van der Waals surface area (Å²) in [7, 11) is 0. The maximum atomic E-state index is 5.39. The van der Waals surface area contributed by atoms with Gasteiger partial charge in [-0.2, -0.15) is 0 Å². The summed E-state index contributed by atoms with van der Waals surface area (Å²) >= 11 is 0. The van der Waals surface area contributed by atoms with E-state index in [1.807, 2.05) is 0 Å². The number of hydrogen-bond donors (Lipinski definition) is 0. The lowest BCUT2D eigenvalue weighted by Gasteiger charge is -2.24. The molecular weight excluding hydrogens is 583 g/mol. The fourth-order valence-electron chi connectivity index (χ4n) is 8.16. The lowest BCUT2D eigenvalue weighted by Crippen LogP contribution is -2.16. The molecule has 0 N–H and O–H groups in total. The Morgan fingerprint density at radius 3 is 2.06 bits per heavy atom. The Balaban J connectivity index is 1.26. The molecule has 0 aliphatic heterocycles. The molecular formula is C45H31N3. The standard InChI is InChI=1S/C45H31N3/c1-45(2)38-21-10-8-17-33(38)35-20-12-19-32(42(35)45)31-23-24-36-39(26-31)46-44(47-43(36)28-13-4-3-5-14-28)48-40-22-11-9-18-34(40)37-25-29-15-6-7-16-30(29)27-41(37)48/h3-27H,1-2H3. The third kappa shape index (κ3) is 3.82. The molecule has 1 aliphatic carbocycles. The van der Waals surface area contributed by atoms with Gasteiger partial charge in [0.05, 0.1) is 22.2 Å². The highest BCUT2D eigenvalue weighted by Crippen LogP contribution is 2.52. The zero-order valence-electron chi connectivity index (χ0n) is 26.8. The van der Waals surface area contributed by atoms with Gasteiger partial charge in [0.2, 0.25) is 5.95 Å². The summed E-state index contributed by atoms with van der Waals surface area (Å²) in [6.45, 7) is 4.70. The topological polar surface area (TPSA) is 30.7 Å². The van der Waals surface area contributed by atoms with Gasteiger partial charge in [0, 0.05) is 27.1 Å². The number of rotatable bonds is 3. The average molecular weight is 614 g/mol. The Hall–Kier alpha value is -6.06. The summed E-state index contributed by atoms with van der Waals surface area (Å²) < 4.78 is 2.25. The van der Waals surface area contributed by atoms with Crippen molar-refractivity contribution in [3.05, 3.63) is 163 Å². The Morgan fingerprint density at radius 2 is 1.19 bits per heavy atom. The van der Waals surface area contributed by atoms with Gasteiger partial charge in [-0.1, -0.05) is 135 Å². The van der Waals surface area contributed by atoms with E-state index in [-0.39, 0.29) is 5.41 Å². The molecule has 3 heteroatoms. The van der Waals surface area contributed by atoms with E-state index in [4.69, 9.17) is 9.97 Å². The molecule has 3 nitrogen and oxygen atoms in total. The van der Waals surface area contributed by atoms with Crippen LogP contribution in [0.15, 0.2) is 152 Å². The van der Waals surface area contributed by atoms with Gasteiger partial charge in [-0.3, -0.25) is 4.57 Å². The first-order chi connectivity index (χ1) is 23.6. The van der Waals surface area contributed by atoms with Crippen molar-refractivity contribution in [2.24, 2.45) is 0 Å². The number of hydrogen-bond acceptors (Lipinski definition) is 2. The first-order valence-electron chi connectivity index (χ1n) is 16.6. The van der Waals surface area contributed by atoms with Crippen LogP contribution in [0.5, 0.6) is 0 Å². The highest BCUT2D eigenvalue weighted by molar-refractivity contribution is 6.13. The van der Waals surface area contributed by atoms with E-state index in [1.165, 1.54) is 49.4 Å². The normalized spacial score (nSPS) is 13.4. The smallest absolute Gasteiger partial charge is 0.235 e. The molecule has 0 atom stereocenters. The fraction of sp³-hybridized carbons (Fsp3) is 0.0667. The minimum Gasteiger partial charge on any atom is -0.278 e. The molecule has 0 fully saturated rings. The monoisotopic (exact) mass is 613 g/mol. The number of para-hydroxylation sites is 1. The van der Waals surface area contributed by atoms with Crippen LogP contribution in [0.3, 0.4) is 0 Å². The summed E-state index contributed by atoms with van der Waals surface area (Å²) in [5, 5.41) is 5.85. The van der Waals surface area contributed by atoms with Crippen molar-refractivity contribution in [3.63, 3.8) is 0 Å². The molecule has 0 bridgehead atoms. The average Bonchev–Trinajstić information content (AvgIpc) is 3.58. The first kappa shape index (κ1) is 27.1. The quantitative estimate of drug-likeness (QED) is 0.198. The van der Waals surface area contributed by atoms with Crippen LogP contribution in [-0.2, 0) is 5.41 Å². The highest BCUT2D eigenvalue weighted by atomic mass is 15.2. The van der Waals surface area contributed by atoms with Gasteiger partial charge in [0.1, 0.15) is 0 Å². The zero-order chi connectivity index (χ0) is 32.0. The molecule has 0 saturated carbocycles. The van der Waals surface area contributed by atoms with Crippen molar-refractivity contribution in [1.29, 1.82) is 0 Å². The molecule has 0 unspecified atom stereocenters. The number of fused-ring (bicyclic) bond motifs is 8. The van der Waals surface area contributed by atoms with Crippen molar-refractivity contribution in [2.45, 2.75) is 19.3 Å². The number of nitrogens with zero attached hydrogens (tertiary/aromatic N) is 3. The molecule has 2 heterocycles. The summed E-state index contributed by atoms with van der Waals surface area (Å²) in [4.78, 5) is 10.7. The lowest BCUT2D eigenvalue weighted by molar-refractivity contribution is 0.662. The molecule has 0 radical (unpaired) electrons. The van der Waals surface area contributed by atoms with E-state index in [0.717, 1.165) is 38.8 Å². The molecule has 0 saturated heterocycles. The second-order valence-electron chi connectivity index (χ2n) is 13.4. The molecule has 0 spiro atoms. The van der Waals surface area contributed by atoms with E-state index in [9.17, 15) is 0 Å². The van der Waals surface area contributed by atoms with Crippen molar-refractivity contribution in [1.82, 2.24) is 14.5 Å². The van der Waals surface area contributed by atoms with Crippen LogP contribution < -0.4 is 0 Å². The minimum absolute atomic E-state index is 0.116. The van der Waals surface area contributed by atoms with E-state index in [1.54, 1.807) is 0 Å². The van der Waals surface area contributed by atoms with Crippen LogP contribution in [0, 0.1) is 0 Å². The third-order valence-corrected chi connectivity index (χ3v) is 10.4. The van der Waals surface area contributed by atoms with Crippen LogP contribution in [0.2, 0.25) is 0 Å². The van der Waals surface area contributed by atoms with Gasteiger partial charge in [-0.05, 0) is 74.5 Å². The van der Waals surface area contributed by atoms with Crippen LogP contribution in [0.1, 0.15) is 25.0 Å². The predicted octanol–water partition coefficient (Wildman–Crippen LogP) is 11.5. The van der Waals surface area contributed by atoms with Gasteiger partial charge < -0.3 is 0 Å². The van der Waals surface area contributed by atoms with Gasteiger partial charge in [0.25, 0.3) is 0 Å². The maximum absolute atomic E-state index is 5.39. The van der Waals surface area contributed by atoms with E-state index in [0.29, 0.717) is 5.95 Å². The zero-order valence-corrected chi connectivity index (χ0v) is 26.8. The van der Waals surface area contributed by atoms with Crippen molar-refractivity contribution < 1.29 is 0 Å². The summed E-state index contributed by atoms with van der Waals surface area (Å²) in [5.74, 6) is 0.672. The highest BCUT2D eigenvalue weighted by Gasteiger charge is 2.37. The van der Waals surface area contributed by atoms with Crippen LogP contribution >= 0.6 is 0 Å². The second-order valence-corrected chi connectivity index (χ2v) is 13.4. The Labute approximate surface area is 278 Å². The summed E-state index contributed by atoms with van der Waals surface area (Å²) in [5.41, 5.74) is 12.8. The molecule has 10 rings (SSSR count). The van der Waals surface area contributed by atoms with Gasteiger partial charge in [0.15, 0.2) is 0 Å². The van der Waals surface area contributed by atoms with Crippen molar-refractivity contribution >= 4 is 43.5 Å². The molecule has 0 amide bonds. The van der Waals surface area contributed by atoms with Gasteiger partial charge in [-0.15, -0.1) is 0 Å². The maximum Gasteiger partial charge on any atom is 0.235 e. The minimum atomic E-state index is -0.116. The Kier molecular flexibility index (Phi) is 5.63. The van der Waals surface area contributed by atoms with E-state index >= 15 is 0 Å². The van der Waals surface area contributed by atoms with E-state index < -0.39 is 0 Å². The van der Waals surface area contributed by atoms with Crippen molar-refractivity contribution in [3.8, 4) is 39.5 Å². The molecule has 48 heavy (non-hydrogen) atoms. The predicted molar refractivity (Wildman–Crippen MR) is 200 cm³/mol. The molecule has 2 aromatic heterocycles. The summed E-state index contributed by atoms with van der Waals surface area (Å²) in [6.07, 6.45) is 0. The molecule has 226 valence electrons. The van der Waals surface area contributed by atoms with Gasteiger partial charge in [-0.25, -0.2) is 9.97 Å². The third-order valence-electron chi connectivity index (χ3n) is 10.4. The van der Waals surface area contributed by atoms with Crippen LogP contribution in [0.4, 0.5) is 0 Å². The molecule has 7 aromatic carbocycles. The van der Waals surface area contributed by atoms with Crippen LogP contribution in [-0.4, -0.2) is 14.5 Å².